The molecule has 130 valence electrons. The first-order valence-corrected chi connectivity index (χ1v) is 7.99. The summed E-state index contributed by atoms with van der Waals surface area (Å²) in [6, 6.07) is 16.7. The molecule has 0 heterocycles. The number of hydrogen-bond donors (Lipinski definition) is 1. The molecule has 0 aliphatic rings. The molecular formula is C20H21NO4. The molecule has 0 aliphatic carbocycles. The SMILES string of the molecule is COc1ccccc1C(=O)NCCC(=O)OCC=Cc1ccccc1. The maximum Gasteiger partial charge on any atom is 0.307 e. The number of benzene rings is 2. The molecule has 0 unspecified atom stereocenters. The largest absolute Gasteiger partial charge is 0.496 e. The first-order valence-electron chi connectivity index (χ1n) is 7.99. The summed E-state index contributed by atoms with van der Waals surface area (Å²) < 4.78 is 10.2. The molecule has 0 atom stereocenters. The summed E-state index contributed by atoms with van der Waals surface area (Å²) in [4.78, 5) is 23.7. The Balaban J connectivity index is 1.68. The predicted octanol–water partition coefficient (Wildman–Crippen LogP) is 3.07. The van der Waals surface area contributed by atoms with Gasteiger partial charge in [-0.1, -0.05) is 48.5 Å². The molecule has 5 nitrogen and oxygen atoms in total. The van der Waals surface area contributed by atoms with Crippen LogP contribution in [0, 0.1) is 0 Å². The lowest BCUT2D eigenvalue weighted by Gasteiger charge is -2.08. The van der Waals surface area contributed by atoms with E-state index >= 15 is 0 Å². The summed E-state index contributed by atoms with van der Waals surface area (Å²) in [6.45, 7) is 0.409. The van der Waals surface area contributed by atoms with Crippen molar-refractivity contribution in [3.63, 3.8) is 0 Å². The summed E-state index contributed by atoms with van der Waals surface area (Å²) in [5.74, 6) is -0.152. The number of para-hydroxylation sites is 1. The van der Waals surface area contributed by atoms with Gasteiger partial charge in [-0.3, -0.25) is 9.59 Å². The molecule has 1 N–H and O–H groups in total. The van der Waals surface area contributed by atoms with Crippen LogP contribution in [0.4, 0.5) is 0 Å². The number of carbonyl (C=O) groups excluding carboxylic acids is 2. The van der Waals surface area contributed by atoms with Crippen LogP contribution in [0.3, 0.4) is 0 Å². The number of esters is 1. The summed E-state index contributed by atoms with van der Waals surface area (Å²) in [5.41, 5.74) is 1.48. The molecule has 1 amide bonds. The number of methoxy groups -OCH3 is 1. The average molecular weight is 339 g/mol. The van der Waals surface area contributed by atoms with Crippen molar-refractivity contribution in [2.24, 2.45) is 0 Å². The zero-order chi connectivity index (χ0) is 17.9. The van der Waals surface area contributed by atoms with Gasteiger partial charge in [0, 0.05) is 6.54 Å². The van der Waals surface area contributed by atoms with Gasteiger partial charge in [-0.2, -0.15) is 0 Å². The highest BCUT2D eigenvalue weighted by Crippen LogP contribution is 2.16. The van der Waals surface area contributed by atoms with E-state index in [0.29, 0.717) is 11.3 Å². The molecule has 0 saturated carbocycles. The molecule has 2 aromatic rings. The summed E-state index contributed by atoms with van der Waals surface area (Å²) in [6.07, 6.45) is 3.78. The second-order valence-electron chi connectivity index (χ2n) is 5.20. The predicted molar refractivity (Wildman–Crippen MR) is 96.4 cm³/mol. The Morgan fingerprint density at radius 2 is 1.76 bits per heavy atom. The van der Waals surface area contributed by atoms with Crippen LogP contribution >= 0.6 is 0 Å². The van der Waals surface area contributed by atoms with Gasteiger partial charge in [-0.05, 0) is 23.8 Å². The zero-order valence-electron chi connectivity index (χ0n) is 14.1. The average Bonchev–Trinajstić information content (AvgIpc) is 2.66. The molecular weight excluding hydrogens is 318 g/mol. The highest BCUT2D eigenvalue weighted by molar-refractivity contribution is 5.97. The fraction of sp³-hybridized carbons (Fsp3) is 0.200. The quantitative estimate of drug-likeness (QED) is 0.751. The third-order valence-corrected chi connectivity index (χ3v) is 3.42. The zero-order valence-corrected chi connectivity index (χ0v) is 14.1. The summed E-state index contributed by atoms with van der Waals surface area (Å²) in [7, 11) is 1.51. The minimum Gasteiger partial charge on any atom is -0.496 e. The van der Waals surface area contributed by atoms with Gasteiger partial charge in [-0.25, -0.2) is 0 Å². The molecule has 0 aliphatic heterocycles. The molecule has 0 radical (unpaired) electrons. The van der Waals surface area contributed by atoms with E-state index in [-0.39, 0.29) is 31.4 Å². The lowest BCUT2D eigenvalue weighted by atomic mass is 10.2. The Bertz CT molecular complexity index is 725. The number of ether oxygens (including phenoxy) is 2. The van der Waals surface area contributed by atoms with Crippen LogP contribution < -0.4 is 10.1 Å². The van der Waals surface area contributed by atoms with Crippen LogP contribution in [-0.2, 0) is 9.53 Å². The molecule has 0 saturated heterocycles. The van der Waals surface area contributed by atoms with E-state index in [9.17, 15) is 9.59 Å². The van der Waals surface area contributed by atoms with Crippen molar-refractivity contribution < 1.29 is 19.1 Å². The smallest absolute Gasteiger partial charge is 0.307 e. The monoisotopic (exact) mass is 339 g/mol. The van der Waals surface area contributed by atoms with Crippen LogP contribution in [0.2, 0.25) is 0 Å². The Kier molecular flexibility index (Phi) is 7.25. The van der Waals surface area contributed by atoms with E-state index in [0.717, 1.165) is 5.56 Å². The van der Waals surface area contributed by atoms with E-state index in [1.54, 1.807) is 30.3 Å². The summed E-state index contributed by atoms with van der Waals surface area (Å²) >= 11 is 0. The van der Waals surface area contributed by atoms with Gasteiger partial charge < -0.3 is 14.8 Å². The van der Waals surface area contributed by atoms with Gasteiger partial charge in [0.05, 0.1) is 19.1 Å². The number of carbonyl (C=O) groups is 2. The molecule has 0 fully saturated rings. The van der Waals surface area contributed by atoms with Gasteiger partial charge in [0.15, 0.2) is 0 Å². The van der Waals surface area contributed by atoms with E-state index < -0.39 is 0 Å². The normalized spacial score (nSPS) is 10.4. The first-order chi connectivity index (χ1) is 12.2. The molecule has 0 spiro atoms. The number of nitrogens with one attached hydrogen (secondary N) is 1. The Hall–Kier alpha value is -3.08. The van der Waals surface area contributed by atoms with E-state index in [1.807, 2.05) is 36.4 Å². The van der Waals surface area contributed by atoms with Crippen LogP contribution in [0.15, 0.2) is 60.7 Å². The maximum absolute atomic E-state index is 12.1. The standard InChI is InChI=1S/C20H21NO4/c1-24-18-12-6-5-11-17(18)20(23)21-14-13-19(22)25-15-7-10-16-8-3-2-4-9-16/h2-12H,13-15H2,1H3,(H,21,23). The highest BCUT2D eigenvalue weighted by Gasteiger charge is 2.11. The maximum atomic E-state index is 12.1. The van der Waals surface area contributed by atoms with E-state index in [1.165, 1.54) is 7.11 Å². The van der Waals surface area contributed by atoms with E-state index in [4.69, 9.17) is 9.47 Å². The van der Waals surface area contributed by atoms with Gasteiger partial charge in [-0.15, -0.1) is 0 Å². The van der Waals surface area contributed by atoms with Crippen molar-refractivity contribution in [3.8, 4) is 5.75 Å². The summed E-state index contributed by atoms with van der Waals surface area (Å²) in [5, 5.41) is 2.68. The van der Waals surface area contributed by atoms with Crippen molar-refractivity contribution >= 4 is 18.0 Å². The highest BCUT2D eigenvalue weighted by atomic mass is 16.5. The third kappa shape index (κ3) is 6.14. The van der Waals surface area contributed by atoms with Crippen LogP contribution in [-0.4, -0.2) is 32.1 Å². The van der Waals surface area contributed by atoms with E-state index in [2.05, 4.69) is 5.32 Å². The topological polar surface area (TPSA) is 64.6 Å². The fourth-order valence-electron chi connectivity index (χ4n) is 2.17. The molecule has 2 aromatic carbocycles. The Morgan fingerprint density at radius 1 is 1.04 bits per heavy atom. The Labute approximate surface area is 147 Å². The lowest BCUT2D eigenvalue weighted by molar-refractivity contribution is -0.142. The third-order valence-electron chi connectivity index (χ3n) is 3.42. The van der Waals surface area contributed by atoms with Gasteiger partial charge in [0.25, 0.3) is 5.91 Å². The van der Waals surface area contributed by atoms with Crippen molar-refractivity contribution in [1.82, 2.24) is 5.32 Å². The van der Waals surface area contributed by atoms with Crippen LogP contribution in [0.1, 0.15) is 22.3 Å². The van der Waals surface area contributed by atoms with Crippen molar-refractivity contribution in [2.45, 2.75) is 6.42 Å². The molecule has 25 heavy (non-hydrogen) atoms. The Morgan fingerprint density at radius 3 is 2.52 bits per heavy atom. The first kappa shape index (κ1) is 18.3. The van der Waals surface area contributed by atoms with Gasteiger partial charge in [0.1, 0.15) is 12.4 Å². The number of amides is 1. The van der Waals surface area contributed by atoms with Gasteiger partial charge in [0.2, 0.25) is 0 Å². The molecule has 5 heteroatoms. The van der Waals surface area contributed by atoms with Crippen molar-refractivity contribution in [1.29, 1.82) is 0 Å². The molecule has 0 bridgehead atoms. The fourth-order valence-corrected chi connectivity index (χ4v) is 2.17. The van der Waals surface area contributed by atoms with Crippen molar-refractivity contribution in [3.05, 3.63) is 71.8 Å². The molecule has 0 aromatic heterocycles. The lowest BCUT2D eigenvalue weighted by Crippen LogP contribution is -2.26. The van der Waals surface area contributed by atoms with Crippen LogP contribution in [0.5, 0.6) is 5.75 Å². The number of rotatable bonds is 8. The number of hydrogen-bond acceptors (Lipinski definition) is 4. The van der Waals surface area contributed by atoms with Gasteiger partial charge >= 0.3 is 5.97 Å². The minimum absolute atomic E-state index is 0.111. The second-order valence-corrected chi connectivity index (χ2v) is 5.20. The van der Waals surface area contributed by atoms with Crippen molar-refractivity contribution in [2.75, 3.05) is 20.3 Å². The second kappa shape index (κ2) is 9.93. The minimum atomic E-state index is -0.363. The van der Waals surface area contributed by atoms with Crippen LogP contribution in [0.25, 0.3) is 6.08 Å². The molecule has 2 rings (SSSR count).